The lowest BCUT2D eigenvalue weighted by molar-refractivity contribution is -0.132. The number of carbonyl (C=O) groups excluding carboxylic acids is 4. The van der Waals surface area contributed by atoms with E-state index < -0.39 is 35.6 Å². The molecule has 0 aliphatic rings. The zero-order chi connectivity index (χ0) is 25.8. The molecule has 2 aromatic carbocycles. The van der Waals surface area contributed by atoms with Crippen molar-refractivity contribution in [3.8, 4) is 6.07 Å². The fourth-order valence-electron chi connectivity index (χ4n) is 3.22. The number of nitrogens with one attached hydrogen (secondary N) is 4. The van der Waals surface area contributed by atoms with E-state index in [9.17, 15) is 19.2 Å². The van der Waals surface area contributed by atoms with Gasteiger partial charge in [0.15, 0.2) is 5.78 Å². The van der Waals surface area contributed by atoms with Crippen molar-refractivity contribution in [2.45, 2.75) is 44.8 Å². The van der Waals surface area contributed by atoms with E-state index in [0.717, 1.165) is 5.56 Å². The average Bonchev–Trinajstić information content (AvgIpc) is 2.85. The molecule has 0 aliphatic carbocycles. The van der Waals surface area contributed by atoms with E-state index in [1.165, 1.54) is 6.92 Å². The molecule has 0 bridgehead atoms. The number of ketones is 1. The van der Waals surface area contributed by atoms with Gasteiger partial charge in [-0.3, -0.25) is 19.2 Å². The maximum atomic E-state index is 13.0. The van der Waals surface area contributed by atoms with Crippen molar-refractivity contribution in [3.05, 3.63) is 70.2 Å². The van der Waals surface area contributed by atoms with Crippen molar-refractivity contribution in [2.24, 2.45) is 0 Å². The molecule has 0 fully saturated rings. The molecule has 0 saturated heterocycles. The van der Waals surface area contributed by atoms with Gasteiger partial charge in [0, 0.05) is 31.3 Å². The third-order valence-corrected chi connectivity index (χ3v) is 5.32. The van der Waals surface area contributed by atoms with E-state index in [-0.39, 0.29) is 25.8 Å². The molecular weight excluding hydrogens is 470 g/mol. The van der Waals surface area contributed by atoms with Gasteiger partial charge in [0.2, 0.25) is 17.7 Å². The summed E-state index contributed by atoms with van der Waals surface area (Å²) in [6.07, 6.45) is 0.671. The number of nitriles is 1. The van der Waals surface area contributed by atoms with Crippen molar-refractivity contribution < 1.29 is 19.2 Å². The van der Waals surface area contributed by atoms with Gasteiger partial charge < -0.3 is 21.4 Å². The Morgan fingerprint density at radius 3 is 2.17 bits per heavy atom. The molecule has 0 spiro atoms. The minimum atomic E-state index is -1.06. The monoisotopic (exact) mass is 495 g/mol. The maximum Gasteiger partial charge on any atom is 0.243 e. The van der Waals surface area contributed by atoms with Gasteiger partial charge >= 0.3 is 0 Å². The van der Waals surface area contributed by atoms with Gasteiger partial charge in [-0.1, -0.05) is 35.9 Å². The first-order chi connectivity index (χ1) is 16.7. The third-order valence-electron chi connectivity index (χ3n) is 5.07. The van der Waals surface area contributed by atoms with Gasteiger partial charge in [-0.2, -0.15) is 5.26 Å². The molecule has 4 N–H and O–H groups in total. The van der Waals surface area contributed by atoms with Crippen LogP contribution in [0.2, 0.25) is 5.02 Å². The Morgan fingerprint density at radius 2 is 1.60 bits per heavy atom. The van der Waals surface area contributed by atoms with Crippen LogP contribution in [0, 0.1) is 16.7 Å². The second-order valence-corrected chi connectivity index (χ2v) is 8.26. The fourth-order valence-corrected chi connectivity index (χ4v) is 3.35. The number of rotatable bonds is 12. The number of benzene rings is 2. The van der Waals surface area contributed by atoms with Crippen molar-refractivity contribution in [1.29, 1.82) is 10.7 Å². The highest BCUT2D eigenvalue weighted by atomic mass is 35.5. The first kappa shape index (κ1) is 27.2. The minimum absolute atomic E-state index is 0.0178. The van der Waals surface area contributed by atoms with Gasteiger partial charge in [0.05, 0.1) is 17.8 Å². The lowest BCUT2D eigenvalue weighted by Gasteiger charge is -2.23. The molecular formula is C25H26ClN5O4. The summed E-state index contributed by atoms with van der Waals surface area (Å²) in [5.41, 5.74) is 1.96. The van der Waals surface area contributed by atoms with Crippen molar-refractivity contribution >= 4 is 41.3 Å². The topological polar surface area (TPSA) is 152 Å². The summed E-state index contributed by atoms with van der Waals surface area (Å²) >= 11 is 5.88. The number of amides is 3. The van der Waals surface area contributed by atoms with Gasteiger partial charge in [-0.25, -0.2) is 0 Å². The van der Waals surface area contributed by atoms with Crippen LogP contribution < -0.4 is 16.0 Å². The van der Waals surface area contributed by atoms with E-state index >= 15 is 0 Å². The maximum absolute atomic E-state index is 13.0. The highest BCUT2D eigenvalue weighted by Gasteiger charge is 2.27. The van der Waals surface area contributed by atoms with Gasteiger partial charge in [0.1, 0.15) is 12.1 Å². The number of carbonyl (C=O) groups is 4. The largest absolute Gasteiger partial charge is 0.350 e. The van der Waals surface area contributed by atoms with Gasteiger partial charge in [0.25, 0.3) is 0 Å². The SMILES string of the molecule is CC(=O)N[C@@H](Cc1ccc(C#N)cc1)C(=O)N[C@@H](CCC(=O)C=N)C(=O)NCc1ccc(Cl)cc1. The summed E-state index contributed by atoms with van der Waals surface area (Å²) in [5, 5.41) is 24.5. The average molecular weight is 496 g/mol. The predicted octanol–water partition coefficient (Wildman–Crippen LogP) is 2.06. The van der Waals surface area contributed by atoms with Crippen LogP contribution >= 0.6 is 11.6 Å². The van der Waals surface area contributed by atoms with Crippen LogP contribution in [0.15, 0.2) is 48.5 Å². The summed E-state index contributed by atoms with van der Waals surface area (Å²) < 4.78 is 0. The Bertz CT molecular complexity index is 1110. The van der Waals surface area contributed by atoms with Crippen LogP contribution in [0.1, 0.15) is 36.5 Å². The Hall–Kier alpha value is -4.03. The molecule has 0 aromatic heterocycles. The second-order valence-electron chi connectivity index (χ2n) is 7.82. The van der Waals surface area contributed by atoms with Crippen molar-refractivity contribution in [3.63, 3.8) is 0 Å². The Kier molecular flexibility index (Phi) is 10.6. The number of nitrogens with zero attached hydrogens (tertiary/aromatic N) is 1. The summed E-state index contributed by atoms with van der Waals surface area (Å²) in [7, 11) is 0. The smallest absolute Gasteiger partial charge is 0.243 e. The molecule has 9 nitrogen and oxygen atoms in total. The predicted molar refractivity (Wildman–Crippen MR) is 131 cm³/mol. The van der Waals surface area contributed by atoms with Gasteiger partial charge in [-0.05, 0) is 41.8 Å². The highest BCUT2D eigenvalue weighted by Crippen LogP contribution is 2.10. The Balaban J connectivity index is 2.13. The standard InChI is InChI=1S/C25H26ClN5O4/c1-16(32)30-23(12-17-2-4-18(13-27)5-3-17)25(35)31-22(11-10-21(33)14-28)24(34)29-15-19-6-8-20(26)9-7-19/h2-9,14,22-23,28H,10-12,15H2,1H3,(H,29,34)(H,30,32)(H,31,35)/t22-,23-/m0/s1. The number of hydrogen-bond acceptors (Lipinski definition) is 6. The summed E-state index contributed by atoms with van der Waals surface area (Å²) in [4.78, 5) is 49.2. The van der Waals surface area contributed by atoms with E-state index in [1.54, 1.807) is 48.5 Å². The zero-order valence-corrected chi connectivity index (χ0v) is 19.9. The van der Waals surface area contributed by atoms with Crippen LogP contribution in [-0.4, -0.2) is 41.8 Å². The quantitative estimate of drug-likeness (QED) is 0.332. The van der Waals surface area contributed by atoms with E-state index in [4.69, 9.17) is 22.3 Å². The number of Topliss-reactive ketones (excluding diaryl/α,β-unsaturated/α-hetero) is 1. The van der Waals surface area contributed by atoms with Crippen LogP contribution in [0.4, 0.5) is 0 Å². The van der Waals surface area contributed by atoms with Crippen molar-refractivity contribution in [1.82, 2.24) is 16.0 Å². The molecule has 0 unspecified atom stereocenters. The van der Waals surface area contributed by atoms with E-state index in [2.05, 4.69) is 16.0 Å². The summed E-state index contributed by atoms with van der Waals surface area (Å²) in [6.45, 7) is 1.46. The van der Waals surface area contributed by atoms with Gasteiger partial charge in [-0.15, -0.1) is 0 Å². The molecule has 2 rings (SSSR count). The lowest BCUT2D eigenvalue weighted by Crippen LogP contribution is -2.54. The molecule has 0 saturated carbocycles. The number of halogens is 1. The lowest BCUT2D eigenvalue weighted by atomic mass is 10.0. The van der Waals surface area contributed by atoms with E-state index in [1.807, 2.05) is 6.07 Å². The Labute approximate surface area is 208 Å². The highest BCUT2D eigenvalue weighted by molar-refractivity contribution is 6.30. The van der Waals surface area contributed by atoms with Crippen LogP contribution in [-0.2, 0) is 32.1 Å². The molecule has 0 radical (unpaired) electrons. The summed E-state index contributed by atoms with van der Waals surface area (Å²) in [5.74, 6) is -2.02. The van der Waals surface area contributed by atoms with Crippen LogP contribution in [0.25, 0.3) is 0 Å². The van der Waals surface area contributed by atoms with Crippen LogP contribution in [0.5, 0.6) is 0 Å². The molecule has 0 aliphatic heterocycles. The normalized spacial score (nSPS) is 11.9. The minimum Gasteiger partial charge on any atom is -0.350 e. The molecule has 35 heavy (non-hydrogen) atoms. The molecule has 2 atom stereocenters. The Morgan fingerprint density at radius 1 is 0.971 bits per heavy atom. The summed E-state index contributed by atoms with van der Waals surface area (Å²) in [6, 6.07) is 13.4. The van der Waals surface area contributed by atoms with Crippen molar-refractivity contribution in [2.75, 3.05) is 0 Å². The van der Waals surface area contributed by atoms with E-state index in [0.29, 0.717) is 22.4 Å². The molecule has 10 heteroatoms. The molecule has 2 aromatic rings. The second kappa shape index (κ2) is 13.6. The zero-order valence-electron chi connectivity index (χ0n) is 19.1. The first-order valence-corrected chi connectivity index (χ1v) is 11.2. The molecule has 182 valence electrons. The first-order valence-electron chi connectivity index (χ1n) is 10.8. The van der Waals surface area contributed by atoms with Crippen LogP contribution in [0.3, 0.4) is 0 Å². The molecule has 0 heterocycles. The number of hydrogen-bond donors (Lipinski definition) is 4. The molecule has 3 amide bonds. The third kappa shape index (κ3) is 9.39. The fraction of sp³-hybridized carbons (Fsp3) is 0.280.